The summed E-state index contributed by atoms with van der Waals surface area (Å²) in [6.45, 7) is 2.66. The van der Waals surface area contributed by atoms with E-state index in [1.807, 2.05) is 0 Å². The van der Waals surface area contributed by atoms with Crippen molar-refractivity contribution in [2.75, 3.05) is 18.4 Å². The van der Waals surface area contributed by atoms with E-state index in [9.17, 15) is 14.7 Å². The third-order valence-electron chi connectivity index (χ3n) is 3.74. The van der Waals surface area contributed by atoms with E-state index in [1.165, 1.54) is 4.90 Å². The summed E-state index contributed by atoms with van der Waals surface area (Å²) in [4.78, 5) is 25.7. The Morgan fingerprint density at radius 3 is 2.81 bits per heavy atom. The van der Waals surface area contributed by atoms with Gasteiger partial charge in [-0.25, -0.2) is 0 Å². The van der Waals surface area contributed by atoms with E-state index in [1.54, 1.807) is 31.2 Å². The highest BCUT2D eigenvalue weighted by molar-refractivity contribution is 6.41. The Morgan fingerprint density at radius 2 is 2.14 bits per heavy atom. The molecule has 2 N–H and O–H groups in total. The Hall–Kier alpha value is -1.59. The Morgan fingerprint density at radius 1 is 1.43 bits per heavy atom. The Labute approximate surface area is 128 Å². The van der Waals surface area contributed by atoms with Crippen molar-refractivity contribution in [3.63, 3.8) is 0 Å². The maximum atomic E-state index is 12.2. The minimum Gasteiger partial charge on any atom is -0.393 e. The largest absolute Gasteiger partial charge is 0.393 e. The average molecular weight is 311 g/mol. The molecule has 114 valence electrons. The Kier molecular flexibility index (Phi) is 5.20. The number of halogens is 1. The molecule has 0 saturated carbocycles. The van der Waals surface area contributed by atoms with Crippen molar-refractivity contribution in [2.45, 2.75) is 25.9 Å². The number of benzene rings is 1. The van der Waals surface area contributed by atoms with E-state index in [2.05, 4.69) is 5.32 Å². The van der Waals surface area contributed by atoms with Crippen LogP contribution in [-0.2, 0) is 9.59 Å². The van der Waals surface area contributed by atoms with Crippen molar-refractivity contribution in [3.05, 3.63) is 29.3 Å². The molecule has 1 fully saturated rings. The molecule has 2 unspecified atom stereocenters. The van der Waals surface area contributed by atoms with E-state index in [4.69, 9.17) is 11.6 Å². The Balaban J connectivity index is 1.99. The zero-order valence-electron chi connectivity index (χ0n) is 11.9. The highest BCUT2D eigenvalue weighted by atomic mass is 35.5. The molecular formula is C15H19ClN2O3. The van der Waals surface area contributed by atoms with Crippen LogP contribution in [0.4, 0.5) is 5.69 Å². The number of anilines is 1. The second-order valence-electron chi connectivity index (χ2n) is 5.33. The first-order valence-corrected chi connectivity index (χ1v) is 7.39. The summed E-state index contributed by atoms with van der Waals surface area (Å²) < 4.78 is 0. The monoisotopic (exact) mass is 310 g/mol. The number of rotatable bonds is 2. The van der Waals surface area contributed by atoms with Crippen molar-refractivity contribution >= 4 is 29.1 Å². The van der Waals surface area contributed by atoms with Crippen LogP contribution in [0.1, 0.15) is 19.8 Å². The number of aliphatic hydroxyl groups is 1. The van der Waals surface area contributed by atoms with Crippen molar-refractivity contribution in [2.24, 2.45) is 5.92 Å². The zero-order valence-corrected chi connectivity index (χ0v) is 12.6. The van der Waals surface area contributed by atoms with Gasteiger partial charge in [-0.05, 0) is 31.9 Å². The van der Waals surface area contributed by atoms with Gasteiger partial charge in [0, 0.05) is 19.0 Å². The third kappa shape index (κ3) is 3.95. The number of amides is 2. The summed E-state index contributed by atoms with van der Waals surface area (Å²) in [6.07, 6.45) is 1.18. The number of hydrogen-bond donors (Lipinski definition) is 2. The molecule has 0 aliphatic carbocycles. The third-order valence-corrected chi connectivity index (χ3v) is 4.07. The molecule has 1 aliphatic heterocycles. The molecule has 6 heteroatoms. The second-order valence-corrected chi connectivity index (χ2v) is 5.74. The molecule has 0 radical (unpaired) electrons. The van der Waals surface area contributed by atoms with E-state index in [0.29, 0.717) is 23.8 Å². The molecule has 21 heavy (non-hydrogen) atoms. The van der Waals surface area contributed by atoms with Gasteiger partial charge in [0.2, 0.25) is 0 Å². The van der Waals surface area contributed by atoms with Gasteiger partial charge >= 0.3 is 11.8 Å². The van der Waals surface area contributed by atoms with Gasteiger partial charge in [0.25, 0.3) is 0 Å². The van der Waals surface area contributed by atoms with Gasteiger partial charge in [-0.1, -0.05) is 23.7 Å². The van der Waals surface area contributed by atoms with Crippen LogP contribution in [0.2, 0.25) is 5.02 Å². The fourth-order valence-electron chi connectivity index (χ4n) is 2.47. The molecule has 1 heterocycles. The lowest BCUT2D eigenvalue weighted by atomic mass is 9.93. The van der Waals surface area contributed by atoms with E-state index in [-0.39, 0.29) is 5.92 Å². The van der Waals surface area contributed by atoms with Crippen LogP contribution in [0, 0.1) is 5.92 Å². The molecule has 1 saturated heterocycles. The minimum absolute atomic E-state index is 0.0239. The van der Waals surface area contributed by atoms with Crippen molar-refractivity contribution in [1.82, 2.24) is 4.90 Å². The number of hydrogen-bond acceptors (Lipinski definition) is 3. The van der Waals surface area contributed by atoms with Gasteiger partial charge in [0.1, 0.15) is 0 Å². The molecule has 1 aromatic rings. The first-order valence-electron chi connectivity index (χ1n) is 7.02. The molecule has 2 atom stereocenters. The molecule has 1 aromatic carbocycles. The minimum atomic E-state index is -0.700. The SMILES string of the molecule is CC(O)C1CCCN(C(=O)C(=O)Nc2ccccc2Cl)C1. The van der Waals surface area contributed by atoms with Crippen molar-refractivity contribution in [3.8, 4) is 0 Å². The van der Waals surface area contributed by atoms with Crippen LogP contribution in [0.3, 0.4) is 0 Å². The average Bonchev–Trinajstić information content (AvgIpc) is 2.49. The number of carbonyl (C=O) groups excluding carboxylic acids is 2. The molecule has 5 nitrogen and oxygen atoms in total. The zero-order chi connectivity index (χ0) is 15.4. The fourth-order valence-corrected chi connectivity index (χ4v) is 2.65. The Bertz CT molecular complexity index is 533. The van der Waals surface area contributed by atoms with Gasteiger partial charge in [0.15, 0.2) is 0 Å². The van der Waals surface area contributed by atoms with Gasteiger partial charge < -0.3 is 15.3 Å². The number of likely N-dealkylation sites (tertiary alicyclic amines) is 1. The number of para-hydroxylation sites is 1. The number of aliphatic hydroxyl groups excluding tert-OH is 1. The van der Waals surface area contributed by atoms with Gasteiger partial charge in [-0.3, -0.25) is 9.59 Å². The molecule has 0 bridgehead atoms. The van der Waals surface area contributed by atoms with Crippen LogP contribution < -0.4 is 5.32 Å². The summed E-state index contributed by atoms with van der Waals surface area (Å²) in [5.74, 6) is -1.26. The maximum Gasteiger partial charge on any atom is 0.313 e. The smallest absolute Gasteiger partial charge is 0.313 e. The molecule has 1 aliphatic rings. The number of piperidine rings is 1. The van der Waals surface area contributed by atoms with Crippen LogP contribution in [0.5, 0.6) is 0 Å². The quantitative estimate of drug-likeness (QED) is 0.820. The lowest BCUT2D eigenvalue weighted by molar-refractivity contribution is -0.144. The standard InChI is InChI=1S/C15H19ClN2O3/c1-10(19)11-5-4-8-18(9-11)15(21)14(20)17-13-7-3-2-6-12(13)16/h2-3,6-7,10-11,19H,4-5,8-9H2,1H3,(H,17,20). The van der Waals surface area contributed by atoms with Gasteiger partial charge in [0.05, 0.1) is 16.8 Å². The topological polar surface area (TPSA) is 69.6 Å². The van der Waals surface area contributed by atoms with Crippen molar-refractivity contribution in [1.29, 1.82) is 0 Å². The molecule has 0 aromatic heterocycles. The lowest BCUT2D eigenvalue weighted by Gasteiger charge is -2.33. The first kappa shape index (κ1) is 15.8. The predicted molar refractivity (Wildman–Crippen MR) is 81.1 cm³/mol. The molecule has 0 spiro atoms. The summed E-state index contributed by atoms with van der Waals surface area (Å²) in [6, 6.07) is 6.77. The first-order chi connectivity index (χ1) is 9.99. The van der Waals surface area contributed by atoms with Gasteiger partial charge in [-0.15, -0.1) is 0 Å². The lowest BCUT2D eigenvalue weighted by Crippen LogP contribution is -2.47. The molecular weight excluding hydrogens is 292 g/mol. The van der Waals surface area contributed by atoms with Crippen molar-refractivity contribution < 1.29 is 14.7 Å². The number of carbonyl (C=O) groups is 2. The molecule has 2 rings (SSSR count). The highest BCUT2D eigenvalue weighted by Gasteiger charge is 2.29. The summed E-state index contributed by atoms with van der Waals surface area (Å²) in [5, 5.41) is 12.5. The summed E-state index contributed by atoms with van der Waals surface area (Å²) >= 11 is 5.95. The molecule has 2 amide bonds. The van der Waals surface area contributed by atoms with E-state index in [0.717, 1.165) is 12.8 Å². The fraction of sp³-hybridized carbons (Fsp3) is 0.467. The number of nitrogens with one attached hydrogen (secondary N) is 1. The summed E-state index contributed by atoms with van der Waals surface area (Å²) in [5.41, 5.74) is 0.418. The summed E-state index contributed by atoms with van der Waals surface area (Å²) in [7, 11) is 0. The van der Waals surface area contributed by atoms with Crippen LogP contribution >= 0.6 is 11.6 Å². The highest BCUT2D eigenvalue weighted by Crippen LogP contribution is 2.22. The predicted octanol–water partition coefficient (Wildman–Crippen LogP) is 1.90. The normalized spacial score (nSPS) is 20.0. The van der Waals surface area contributed by atoms with E-state index < -0.39 is 17.9 Å². The van der Waals surface area contributed by atoms with Gasteiger partial charge in [-0.2, -0.15) is 0 Å². The van der Waals surface area contributed by atoms with Crippen LogP contribution in [-0.4, -0.2) is 41.0 Å². The number of nitrogens with zero attached hydrogens (tertiary/aromatic N) is 1. The van der Waals surface area contributed by atoms with Crippen LogP contribution in [0.25, 0.3) is 0 Å². The van der Waals surface area contributed by atoms with E-state index >= 15 is 0 Å². The van der Waals surface area contributed by atoms with Crippen LogP contribution in [0.15, 0.2) is 24.3 Å². The maximum absolute atomic E-state index is 12.2. The second kappa shape index (κ2) is 6.91.